The van der Waals surface area contributed by atoms with Gasteiger partial charge in [-0.2, -0.15) is 0 Å². The minimum Gasteiger partial charge on any atom is -0.348 e. The molecule has 2 aromatic rings. The lowest BCUT2D eigenvalue weighted by molar-refractivity contribution is 0.467. The molecule has 0 saturated heterocycles. The Labute approximate surface area is 88.8 Å². The van der Waals surface area contributed by atoms with E-state index < -0.39 is 0 Å². The fraction of sp³-hybridized carbons (Fsp3) is 0.250. The van der Waals surface area contributed by atoms with Crippen LogP contribution in [0.5, 0.6) is 0 Å². The summed E-state index contributed by atoms with van der Waals surface area (Å²) in [6.07, 6.45) is 5.84. The zero-order chi connectivity index (χ0) is 10.1. The fourth-order valence-electron chi connectivity index (χ4n) is 2.17. The zero-order valence-corrected chi connectivity index (χ0v) is 8.43. The number of rotatable bonds is 1. The van der Waals surface area contributed by atoms with Crippen LogP contribution in [0, 0.1) is 0 Å². The topological polar surface area (TPSA) is 29.9 Å². The van der Waals surface area contributed by atoms with E-state index in [4.69, 9.17) is 0 Å². The normalized spacial score (nSPS) is 19.9. The lowest BCUT2D eigenvalue weighted by atomic mass is 10.0. The summed E-state index contributed by atoms with van der Waals surface area (Å²) in [4.78, 5) is 4.05. The standard InChI is InChI=1S/C12H13N3/c1-2-11-12(10-3-5-13-6-4-10)14-7-9-15(11)8-1/h1-6,8,12,14H,7,9H2/t12-/m0/s1. The van der Waals surface area contributed by atoms with Gasteiger partial charge in [-0.1, -0.05) is 0 Å². The fourth-order valence-corrected chi connectivity index (χ4v) is 2.17. The smallest absolute Gasteiger partial charge is 0.0732 e. The molecular weight excluding hydrogens is 186 g/mol. The molecule has 3 rings (SSSR count). The lowest BCUT2D eigenvalue weighted by Gasteiger charge is -2.26. The van der Waals surface area contributed by atoms with Crippen LogP contribution in [0.15, 0.2) is 42.9 Å². The highest BCUT2D eigenvalue weighted by atomic mass is 15.1. The summed E-state index contributed by atoms with van der Waals surface area (Å²) >= 11 is 0. The number of nitrogens with zero attached hydrogens (tertiary/aromatic N) is 2. The number of aromatic nitrogens is 2. The molecule has 0 fully saturated rings. The van der Waals surface area contributed by atoms with Crippen molar-refractivity contribution in [2.45, 2.75) is 12.6 Å². The molecule has 76 valence electrons. The van der Waals surface area contributed by atoms with Crippen LogP contribution in [0.3, 0.4) is 0 Å². The average molecular weight is 199 g/mol. The monoisotopic (exact) mass is 199 g/mol. The molecule has 1 aliphatic heterocycles. The Morgan fingerprint density at radius 1 is 1.27 bits per heavy atom. The van der Waals surface area contributed by atoms with Crippen molar-refractivity contribution < 1.29 is 0 Å². The average Bonchev–Trinajstić information content (AvgIpc) is 2.78. The number of pyridine rings is 1. The third kappa shape index (κ3) is 1.45. The Bertz CT molecular complexity index is 447. The first kappa shape index (κ1) is 8.68. The summed E-state index contributed by atoms with van der Waals surface area (Å²) in [5.41, 5.74) is 2.62. The number of hydrogen-bond acceptors (Lipinski definition) is 2. The third-order valence-corrected chi connectivity index (χ3v) is 2.90. The molecule has 0 aliphatic carbocycles. The van der Waals surface area contributed by atoms with Crippen LogP contribution in [-0.2, 0) is 6.54 Å². The minimum atomic E-state index is 0.316. The Morgan fingerprint density at radius 2 is 2.13 bits per heavy atom. The molecule has 1 aliphatic rings. The highest BCUT2D eigenvalue weighted by Gasteiger charge is 2.20. The molecule has 0 amide bonds. The summed E-state index contributed by atoms with van der Waals surface area (Å²) in [5, 5.41) is 3.53. The lowest BCUT2D eigenvalue weighted by Crippen LogP contribution is -2.33. The molecule has 2 aromatic heterocycles. The van der Waals surface area contributed by atoms with E-state index in [1.54, 1.807) is 0 Å². The van der Waals surface area contributed by atoms with E-state index >= 15 is 0 Å². The summed E-state index contributed by atoms with van der Waals surface area (Å²) < 4.78 is 2.31. The van der Waals surface area contributed by atoms with Gasteiger partial charge in [0.2, 0.25) is 0 Å². The van der Waals surface area contributed by atoms with Crippen molar-refractivity contribution in [2.75, 3.05) is 6.54 Å². The SMILES string of the molecule is c1cc2n(c1)CCN[C@H]2c1ccncc1. The molecule has 3 nitrogen and oxygen atoms in total. The van der Waals surface area contributed by atoms with E-state index in [2.05, 4.69) is 45.3 Å². The summed E-state index contributed by atoms with van der Waals surface area (Å²) in [7, 11) is 0. The second-order valence-corrected chi connectivity index (χ2v) is 3.79. The van der Waals surface area contributed by atoms with Crippen molar-refractivity contribution in [3.8, 4) is 0 Å². The molecule has 0 bridgehead atoms. The van der Waals surface area contributed by atoms with Crippen LogP contribution < -0.4 is 5.32 Å². The first-order valence-electron chi connectivity index (χ1n) is 5.23. The van der Waals surface area contributed by atoms with E-state index in [1.807, 2.05) is 12.4 Å². The van der Waals surface area contributed by atoms with E-state index in [-0.39, 0.29) is 0 Å². The first-order chi connectivity index (χ1) is 7.45. The van der Waals surface area contributed by atoms with Crippen molar-refractivity contribution >= 4 is 0 Å². The van der Waals surface area contributed by atoms with Gasteiger partial charge in [0, 0.05) is 37.4 Å². The van der Waals surface area contributed by atoms with Crippen LogP contribution in [0.4, 0.5) is 0 Å². The van der Waals surface area contributed by atoms with Crippen LogP contribution in [-0.4, -0.2) is 16.1 Å². The molecular formula is C12H13N3. The van der Waals surface area contributed by atoms with Gasteiger partial charge >= 0.3 is 0 Å². The molecule has 1 N–H and O–H groups in total. The van der Waals surface area contributed by atoms with Crippen LogP contribution in [0.25, 0.3) is 0 Å². The van der Waals surface area contributed by atoms with Gasteiger partial charge in [-0.3, -0.25) is 4.98 Å². The Hall–Kier alpha value is -1.61. The van der Waals surface area contributed by atoms with E-state index in [0.717, 1.165) is 13.1 Å². The van der Waals surface area contributed by atoms with E-state index in [1.165, 1.54) is 11.3 Å². The van der Waals surface area contributed by atoms with Gasteiger partial charge in [0.1, 0.15) is 0 Å². The molecule has 0 unspecified atom stereocenters. The quantitative estimate of drug-likeness (QED) is 0.755. The van der Waals surface area contributed by atoms with Crippen LogP contribution in [0.2, 0.25) is 0 Å². The number of fused-ring (bicyclic) bond motifs is 1. The summed E-state index contributed by atoms with van der Waals surface area (Å²) in [5.74, 6) is 0. The van der Waals surface area contributed by atoms with Gasteiger partial charge in [-0.05, 0) is 29.8 Å². The van der Waals surface area contributed by atoms with Gasteiger partial charge in [0.15, 0.2) is 0 Å². The predicted octanol–water partition coefficient (Wildman–Crippen LogP) is 1.58. The molecule has 3 heteroatoms. The predicted molar refractivity (Wildman–Crippen MR) is 58.5 cm³/mol. The van der Waals surface area contributed by atoms with E-state index in [9.17, 15) is 0 Å². The number of nitrogens with one attached hydrogen (secondary N) is 1. The molecule has 0 saturated carbocycles. The Morgan fingerprint density at radius 3 is 3.00 bits per heavy atom. The summed E-state index contributed by atoms with van der Waals surface area (Å²) in [6, 6.07) is 8.74. The van der Waals surface area contributed by atoms with Gasteiger partial charge in [-0.15, -0.1) is 0 Å². The first-order valence-corrected chi connectivity index (χ1v) is 5.23. The zero-order valence-electron chi connectivity index (χ0n) is 8.43. The number of hydrogen-bond donors (Lipinski definition) is 1. The molecule has 0 aromatic carbocycles. The van der Waals surface area contributed by atoms with Gasteiger partial charge in [0.25, 0.3) is 0 Å². The van der Waals surface area contributed by atoms with Crippen molar-refractivity contribution in [1.29, 1.82) is 0 Å². The van der Waals surface area contributed by atoms with Crippen LogP contribution >= 0.6 is 0 Å². The third-order valence-electron chi connectivity index (χ3n) is 2.90. The highest BCUT2D eigenvalue weighted by molar-refractivity contribution is 5.28. The van der Waals surface area contributed by atoms with E-state index in [0.29, 0.717) is 6.04 Å². The highest BCUT2D eigenvalue weighted by Crippen LogP contribution is 2.24. The maximum atomic E-state index is 4.05. The van der Waals surface area contributed by atoms with Gasteiger partial charge in [-0.25, -0.2) is 0 Å². The summed E-state index contributed by atoms with van der Waals surface area (Å²) in [6.45, 7) is 2.08. The van der Waals surface area contributed by atoms with Crippen molar-refractivity contribution in [3.05, 3.63) is 54.1 Å². The maximum Gasteiger partial charge on any atom is 0.0732 e. The largest absolute Gasteiger partial charge is 0.348 e. The molecule has 0 spiro atoms. The van der Waals surface area contributed by atoms with Crippen molar-refractivity contribution in [1.82, 2.24) is 14.9 Å². The maximum absolute atomic E-state index is 4.05. The molecule has 0 radical (unpaired) electrons. The van der Waals surface area contributed by atoms with Gasteiger partial charge < -0.3 is 9.88 Å². The molecule has 15 heavy (non-hydrogen) atoms. The second-order valence-electron chi connectivity index (χ2n) is 3.79. The molecule has 3 heterocycles. The van der Waals surface area contributed by atoms with Crippen molar-refractivity contribution in [2.24, 2.45) is 0 Å². The van der Waals surface area contributed by atoms with Gasteiger partial charge in [0.05, 0.1) is 6.04 Å². The Balaban J connectivity index is 2.03. The second kappa shape index (κ2) is 3.51. The van der Waals surface area contributed by atoms with Crippen LogP contribution in [0.1, 0.15) is 17.3 Å². The molecule has 1 atom stereocenters. The van der Waals surface area contributed by atoms with Crippen molar-refractivity contribution in [3.63, 3.8) is 0 Å². The minimum absolute atomic E-state index is 0.316. The Kier molecular flexibility index (Phi) is 2.03.